The van der Waals surface area contributed by atoms with Crippen molar-refractivity contribution in [2.75, 3.05) is 0 Å². The molecular weight excluding hydrogens is 488 g/mol. The van der Waals surface area contributed by atoms with Crippen molar-refractivity contribution in [2.24, 2.45) is 27.5 Å². The van der Waals surface area contributed by atoms with E-state index in [0.29, 0.717) is 39.7 Å². The molecule has 11 nitrogen and oxygen atoms in total. The molecule has 0 atom stereocenters. The minimum atomic E-state index is -0.245. The number of carbonyl (C=O) groups excluding carboxylic acids is 1. The van der Waals surface area contributed by atoms with Crippen LogP contribution in [0.15, 0.2) is 77.0 Å². The molecule has 0 radical (unpaired) electrons. The van der Waals surface area contributed by atoms with Crippen LogP contribution in [0.5, 0.6) is 23.0 Å². The Kier molecular flexibility index (Phi) is 8.29. The molecule has 1 amide bonds. The van der Waals surface area contributed by atoms with Crippen LogP contribution in [0.1, 0.15) is 47.2 Å². The molecular formula is C27H30N6O5. The second kappa shape index (κ2) is 12.0. The summed E-state index contributed by atoms with van der Waals surface area (Å²) in [5, 5.41) is 26.8. The number of nitrogens with zero attached hydrogens (tertiary/aromatic N) is 2. The van der Waals surface area contributed by atoms with E-state index in [9.17, 15) is 4.79 Å². The second-order valence-electron chi connectivity index (χ2n) is 9.00. The van der Waals surface area contributed by atoms with Crippen molar-refractivity contribution in [2.45, 2.75) is 37.8 Å². The van der Waals surface area contributed by atoms with Gasteiger partial charge in [-0.15, -0.1) is 0 Å². The van der Waals surface area contributed by atoms with Gasteiger partial charge in [0.05, 0.1) is 0 Å². The molecule has 1 saturated carbocycles. The van der Waals surface area contributed by atoms with Gasteiger partial charge in [-0.25, -0.2) is 0 Å². The highest BCUT2D eigenvalue weighted by Gasteiger charge is 2.21. The summed E-state index contributed by atoms with van der Waals surface area (Å²) in [5.74, 6) is 1.43. The minimum Gasteiger partial charge on any atom is -0.457 e. The first-order valence-electron chi connectivity index (χ1n) is 12.1. The monoisotopic (exact) mass is 518 g/mol. The molecule has 1 aliphatic carbocycles. The van der Waals surface area contributed by atoms with Crippen LogP contribution in [0.2, 0.25) is 0 Å². The number of hydrogen-bond donors (Lipinski definition) is 6. The van der Waals surface area contributed by atoms with E-state index in [1.54, 1.807) is 66.7 Å². The SMILES string of the molecule is N/C(=N\O)c1ccc(Oc2cc(Oc3ccc(/C(N)=N/O)cc3)cc(C(=O)NC3CCC(N)CC3)c2)cc1. The molecule has 0 spiro atoms. The molecule has 4 rings (SSSR count). The third-order valence-corrected chi connectivity index (χ3v) is 6.24. The van der Waals surface area contributed by atoms with Gasteiger partial charge in [-0.05, 0) is 86.3 Å². The number of amidine groups is 2. The topological polar surface area (TPSA) is 191 Å². The van der Waals surface area contributed by atoms with Gasteiger partial charge < -0.3 is 42.4 Å². The minimum absolute atomic E-state index is 0.0207. The molecule has 0 saturated heterocycles. The first-order valence-corrected chi connectivity index (χ1v) is 12.1. The standard InChI is InChI=1S/C27H30N6O5/c28-19-5-7-20(8-6-19)31-27(34)18-13-23(37-21-9-1-16(2-10-21)25(29)32-35)15-24(14-18)38-22-11-3-17(4-12-22)26(30)33-36/h1-4,9-15,19-20,35-36H,5-8,28H2,(H2,29,32)(H2,30,33)(H,31,34). The number of ether oxygens (including phenoxy) is 2. The molecule has 0 unspecified atom stereocenters. The van der Waals surface area contributed by atoms with Crippen LogP contribution in [0.3, 0.4) is 0 Å². The normalized spacial score (nSPS) is 18.0. The van der Waals surface area contributed by atoms with Gasteiger partial charge in [0.1, 0.15) is 23.0 Å². The quantitative estimate of drug-likeness (QED) is 0.113. The second-order valence-corrected chi connectivity index (χ2v) is 9.00. The van der Waals surface area contributed by atoms with Crippen LogP contribution in [0.4, 0.5) is 0 Å². The first kappa shape index (κ1) is 26.3. The van der Waals surface area contributed by atoms with E-state index in [-0.39, 0.29) is 29.7 Å². The van der Waals surface area contributed by atoms with Crippen molar-refractivity contribution in [1.29, 1.82) is 0 Å². The Labute approximate surface area is 219 Å². The number of hydrogen-bond acceptors (Lipinski definition) is 8. The van der Waals surface area contributed by atoms with Crippen LogP contribution < -0.4 is 32.0 Å². The summed E-state index contributed by atoms with van der Waals surface area (Å²) in [7, 11) is 0. The summed E-state index contributed by atoms with van der Waals surface area (Å²) in [6.07, 6.45) is 3.38. The Morgan fingerprint density at radius 2 is 1.16 bits per heavy atom. The number of nitrogens with one attached hydrogen (secondary N) is 1. The summed E-state index contributed by atoms with van der Waals surface area (Å²) in [5.41, 5.74) is 18.7. The number of rotatable bonds is 8. The average Bonchev–Trinajstić information content (AvgIpc) is 2.94. The van der Waals surface area contributed by atoms with E-state index >= 15 is 0 Å². The Balaban J connectivity index is 1.58. The fraction of sp³-hybridized carbons (Fsp3) is 0.222. The summed E-state index contributed by atoms with van der Waals surface area (Å²) < 4.78 is 12.0. The van der Waals surface area contributed by atoms with Gasteiger partial charge >= 0.3 is 0 Å². The fourth-order valence-electron chi connectivity index (χ4n) is 4.13. The molecule has 11 heteroatoms. The van der Waals surface area contributed by atoms with Crippen LogP contribution in [0.25, 0.3) is 0 Å². The largest absolute Gasteiger partial charge is 0.457 e. The smallest absolute Gasteiger partial charge is 0.251 e. The summed E-state index contributed by atoms with van der Waals surface area (Å²) in [6, 6.07) is 18.4. The highest BCUT2D eigenvalue weighted by atomic mass is 16.5. The van der Waals surface area contributed by atoms with Crippen molar-refractivity contribution in [3.05, 3.63) is 83.4 Å². The fourth-order valence-corrected chi connectivity index (χ4v) is 4.13. The molecule has 0 aromatic heterocycles. The van der Waals surface area contributed by atoms with Gasteiger partial charge in [0.2, 0.25) is 0 Å². The van der Waals surface area contributed by atoms with Crippen molar-refractivity contribution >= 4 is 17.6 Å². The lowest BCUT2D eigenvalue weighted by atomic mass is 9.91. The van der Waals surface area contributed by atoms with Crippen LogP contribution in [-0.4, -0.2) is 40.1 Å². The lowest BCUT2D eigenvalue weighted by Crippen LogP contribution is -2.40. The zero-order valence-electron chi connectivity index (χ0n) is 20.6. The predicted molar refractivity (Wildman–Crippen MR) is 142 cm³/mol. The third kappa shape index (κ3) is 6.71. The van der Waals surface area contributed by atoms with Gasteiger partial charge in [0, 0.05) is 34.8 Å². The van der Waals surface area contributed by atoms with Crippen LogP contribution in [0, 0.1) is 0 Å². The van der Waals surface area contributed by atoms with E-state index in [0.717, 1.165) is 25.7 Å². The maximum absolute atomic E-state index is 13.2. The molecule has 38 heavy (non-hydrogen) atoms. The van der Waals surface area contributed by atoms with E-state index in [1.807, 2.05) is 0 Å². The summed E-state index contributed by atoms with van der Waals surface area (Å²) >= 11 is 0. The van der Waals surface area contributed by atoms with Gasteiger partial charge in [-0.1, -0.05) is 10.3 Å². The van der Waals surface area contributed by atoms with Crippen molar-refractivity contribution < 1.29 is 24.7 Å². The molecule has 0 bridgehead atoms. The third-order valence-electron chi connectivity index (χ3n) is 6.24. The van der Waals surface area contributed by atoms with Gasteiger partial charge in [0.15, 0.2) is 11.7 Å². The number of benzene rings is 3. The predicted octanol–water partition coefficient (Wildman–Crippen LogP) is 3.46. The summed E-state index contributed by atoms with van der Waals surface area (Å²) in [4.78, 5) is 13.2. The maximum atomic E-state index is 13.2. The van der Waals surface area contributed by atoms with Crippen LogP contribution in [-0.2, 0) is 0 Å². The number of amides is 1. The Morgan fingerprint density at radius 1 is 0.711 bits per heavy atom. The molecule has 1 fully saturated rings. The molecule has 3 aromatic rings. The zero-order valence-corrected chi connectivity index (χ0v) is 20.6. The van der Waals surface area contributed by atoms with Gasteiger partial charge in [-0.2, -0.15) is 0 Å². The molecule has 0 heterocycles. The Bertz CT molecular complexity index is 1240. The lowest BCUT2D eigenvalue weighted by molar-refractivity contribution is 0.0925. The number of nitrogens with two attached hydrogens (primary N) is 3. The van der Waals surface area contributed by atoms with E-state index in [1.165, 1.54) is 0 Å². The maximum Gasteiger partial charge on any atom is 0.251 e. The summed E-state index contributed by atoms with van der Waals surface area (Å²) in [6.45, 7) is 0. The van der Waals surface area contributed by atoms with E-state index in [2.05, 4.69) is 15.6 Å². The molecule has 9 N–H and O–H groups in total. The van der Waals surface area contributed by atoms with Crippen LogP contribution >= 0.6 is 0 Å². The molecule has 0 aliphatic heterocycles. The zero-order chi connectivity index (χ0) is 27.1. The van der Waals surface area contributed by atoms with E-state index < -0.39 is 0 Å². The molecule has 198 valence electrons. The number of oxime groups is 2. The van der Waals surface area contributed by atoms with Crippen molar-refractivity contribution in [1.82, 2.24) is 5.32 Å². The highest BCUT2D eigenvalue weighted by Crippen LogP contribution is 2.31. The lowest BCUT2D eigenvalue weighted by Gasteiger charge is -2.26. The van der Waals surface area contributed by atoms with Gasteiger partial charge in [-0.3, -0.25) is 4.79 Å². The number of carbonyl (C=O) groups is 1. The van der Waals surface area contributed by atoms with Crippen molar-refractivity contribution in [3.8, 4) is 23.0 Å². The van der Waals surface area contributed by atoms with E-state index in [4.69, 9.17) is 37.1 Å². The highest BCUT2D eigenvalue weighted by molar-refractivity contribution is 5.97. The Morgan fingerprint density at radius 3 is 1.58 bits per heavy atom. The molecule has 3 aromatic carbocycles. The molecule has 1 aliphatic rings. The van der Waals surface area contributed by atoms with Crippen molar-refractivity contribution in [3.63, 3.8) is 0 Å². The van der Waals surface area contributed by atoms with Gasteiger partial charge in [0.25, 0.3) is 5.91 Å². The Hall–Kier alpha value is -4.77. The first-order chi connectivity index (χ1) is 18.3. The average molecular weight is 519 g/mol.